The lowest BCUT2D eigenvalue weighted by Crippen LogP contribution is -2.42. The number of carboxylic acids is 1. The van der Waals surface area contributed by atoms with Crippen LogP contribution in [0.15, 0.2) is 36.5 Å². The van der Waals surface area contributed by atoms with Gasteiger partial charge >= 0.3 is 5.97 Å². The maximum atomic E-state index is 13.4. The quantitative estimate of drug-likeness (QED) is 0.767. The lowest BCUT2D eigenvalue weighted by molar-refractivity contribution is -0.137. The number of hydrogen-bond donors (Lipinski definition) is 2. The minimum Gasteiger partial charge on any atom is -0.497 e. The van der Waals surface area contributed by atoms with Crippen molar-refractivity contribution in [1.82, 2.24) is 9.78 Å². The van der Waals surface area contributed by atoms with Gasteiger partial charge in [-0.05, 0) is 55.2 Å². The van der Waals surface area contributed by atoms with E-state index in [1.807, 2.05) is 24.3 Å². The van der Waals surface area contributed by atoms with Crippen molar-refractivity contribution in [3.8, 4) is 5.75 Å². The van der Waals surface area contributed by atoms with Crippen molar-refractivity contribution in [1.29, 1.82) is 0 Å². The fourth-order valence-electron chi connectivity index (χ4n) is 5.06. The highest BCUT2D eigenvalue weighted by Gasteiger charge is 2.55. The van der Waals surface area contributed by atoms with Gasteiger partial charge in [0.25, 0.3) is 0 Å². The number of aliphatic carboxylic acids is 1. The maximum Gasteiger partial charge on any atom is 0.325 e. The summed E-state index contributed by atoms with van der Waals surface area (Å²) in [6.07, 6.45) is 6.51. The molecule has 1 heterocycles. The smallest absolute Gasteiger partial charge is 0.325 e. The molecule has 3 unspecified atom stereocenters. The third kappa shape index (κ3) is 3.48. The average Bonchev–Trinajstić information content (AvgIpc) is 3.38. The zero-order valence-electron chi connectivity index (χ0n) is 15.9. The molecule has 1 amide bonds. The van der Waals surface area contributed by atoms with Crippen molar-refractivity contribution in [3.63, 3.8) is 0 Å². The lowest BCUT2D eigenvalue weighted by Gasteiger charge is -2.36. The third-order valence-corrected chi connectivity index (χ3v) is 6.26. The van der Waals surface area contributed by atoms with E-state index in [0.29, 0.717) is 24.1 Å². The first kappa shape index (κ1) is 18.5. The molecule has 7 nitrogen and oxygen atoms in total. The number of nitrogens with one attached hydrogen (secondary N) is 1. The number of carbonyl (C=O) groups excluding carboxylic acids is 1. The Labute approximate surface area is 163 Å². The van der Waals surface area contributed by atoms with Crippen molar-refractivity contribution in [2.75, 3.05) is 12.4 Å². The van der Waals surface area contributed by atoms with Gasteiger partial charge in [-0.2, -0.15) is 5.10 Å². The summed E-state index contributed by atoms with van der Waals surface area (Å²) in [7, 11) is 1.65. The summed E-state index contributed by atoms with van der Waals surface area (Å²) in [6, 6.07) is 9.56. The van der Waals surface area contributed by atoms with Gasteiger partial charge in [0.1, 0.15) is 12.3 Å². The van der Waals surface area contributed by atoms with Crippen LogP contribution in [0.25, 0.3) is 0 Å². The van der Waals surface area contributed by atoms with E-state index in [1.54, 1.807) is 19.4 Å². The van der Waals surface area contributed by atoms with Gasteiger partial charge in [0, 0.05) is 12.3 Å². The fraction of sp³-hybridized carbons (Fsp3) is 0.476. The highest BCUT2D eigenvalue weighted by Crippen LogP contribution is 2.57. The standard InChI is InChI=1S/C21H25N3O4/c1-28-17-4-2-3-14(10-17)11-21(12-15-5-6-16(21)9-15)20(27)22-18-7-8-24(23-18)13-19(25)26/h2-4,7-8,10,15-16H,5-6,9,11-13H2,1H3,(H,25,26)(H,22,23,27). The predicted octanol–water partition coefficient (Wildman–Crippen LogP) is 2.96. The summed E-state index contributed by atoms with van der Waals surface area (Å²) >= 11 is 0. The highest BCUT2D eigenvalue weighted by molar-refractivity contribution is 5.95. The van der Waals surface area contributed by atoms with Gasteiger partial charge < -0.3 is 15.2 Å². The molecule has 2 aliphatic carbocycles. The van der Waals surface area contributed by atoms with Gasteiger partial charge in [0.2, 0.25) is 5.91 Å². The number of hydrogen-bond acceptors (Lipinski definition) is 4. The van der Waals surface area contributed by atoms with Crippen LogP contribution in [0, 0.1) is 17.3 Å². The van der Waals surface area contributed by atoms with Crippen molar-refractivity contribution in [2.24, 2.45) is 17.3 Å². The Balaban J connectivity index is 1.56. The summed E-state index contributed by atoms with van der Waals surface area (Å²) in [5, 5.41) is 16.0. The van der Waals surface area contributed by atoms with E-state index in [-0.39, 0.29) is 12.5 Å². The molecular formula is C21H25N3O4. The zero-order chi connectivity index (χ0) is 19.7. The molecule has 2 aromatic rings. The Hall–Kier alpha value is -2.83. The second kappa shape index (κ2) is 7.30. The molecule has 2 aliphatic rings. The molecule has 0 spiro atoms. The summed E-state index contributed by atoms with van der Waals surface area (Å²) in [4.78, 5) is 24.3. The third-order valence-electron chi connectivity index (χ3n) is 6.26. The molecule has 7 heteroatoms. The molecule has 0 aliphatic heterocycles. The van der Waals surface area contributed by atoms with E-state index in [0.717, 1.165) is 30.6 Å². The summed E-state index contributed by atoms with van der Waals surface area (Å²) in [5.41, 5.74) is 0.643. The Morgan fingerprint density at radius 1 is 1.36 bits per heavy atom. The Bertz CT molecular complexity index is 893. The van der Waals surface area contributed by atoms with E-state index in [2.05, 4.69) is 10.4 Å². The van der Waals surface area contributed by atoms with Crippen LogP contribution < -0.4 is 10.1 Å². The van der Waals surface area contributed by atoms with Crippen LogP contribution in [0.4, 0.5) is 5.82 Å². The zero-order valence-corrected chi connectivity index (χ0v) is 15.9. The number of benzene rings is 1. The van der Waals surface area contributed by atoms with E-state index in [9.17, 15) is 9.59 Å². The average molecular weight is 383 g/mol. The van der Waals surface area contributed by atoms with E-state index < -0.39 is 11.4 Å². The molecule has 4 rings (SSSR count). The minimum absolute atomic E-state index is 0.0110. The lowest BCUT2D eigenvalue weighted by atomic mass is 9.68. The number of anilines is 1. The first-order chi connectivity index (χ1) is 13.5. The summed E-state index contributed by atoms with van der Waals surface area (Å²) in [6.45, 7) is -0.227. The number of methoxy groups -OCH3 is 1. The molecule has 0 saturated heterocycles. The molecule has 2 fully saturated rings. The molecule has 1 aromatic carbocycles. The summed E-state index contributed by atoms with van der Waals surface area (Å²) < 4.78 is 6.66. The first-order valence-corrected chi connectivity index (χ1v) is 9.68. The van der Waals surface area contributed by atoms with Crippen molar-refractivity contribution in [3.05, 3.63) is 42.1 Å². The number of aromatic nitrogens is 2. The molecular weight excluding hydrogens is 358 g/mol. The number of nitrogens with zero attached hydrogens (tertiary/aromatic N) is 2. The first-order valence-electron chi connectivity index (χ1n) is 9.68. The minimum atomic E-state index is -0.969. The molecule has 2 bridgehead atoms. The van der Waals surface area contributed by atoms with E-state index in [4.69, 9.17) is 9.84 Å². The summed E-state index contributed by atoms with van der Waals surface area (Å²) in [5.74, 6) is 1.19. The van der Waals surface area contributed by atoms with Crippen molar-refractivity contribution in [2.45, 2.75) is 38.6 Å². The topological polar surface area (TPSA) is 93.5 Å². The molecule has 148 valence electrons. The monoisotopic (exact) mass is 383 g/mol. The van der Waals surface area contributed by atoms with Gasteiger partial charge in [-0.25, -0.2) is 0 Å². The van der Waals surface area contributed by atoms with Gasteiger partial charge in [-0.1, -0.05) is 18.6 Å². The van der Waals surface area contributed by atoms with Crippen LogP contribution in [0.1, 0.15) is 31.2 Å². The number of fused-ring (bicyclic) bond motifs is 2. The Morgan fingerprint density at radius 2 is 2.21 bits per heavy atom. The number of carboxylic acid groups (broad SMARTS) is 1. The number of ether oxygens (including phenoxy) is 1. The fourth-order valence-corrected chi connectivity index (χ4v) is 5.06. The molecule has 2 N–H and O–H groups in total. The molecule has 0 radical (unpaired) electrons. The van der Waals surface area contributed by atoms with Crippen LogP contribution >= 0.6 is 0 Å². The second-order valence-electron chi connectivity index (χ2n) is 8.01. The van der Waals surface area contributed by atoms with Crippen LogP contribution in [0.2, 0.25) is 0 Å². The van der Waals surface area contributed by atoms with Crippen LogP contribution in [-0.2, 0) is 22.6 Å². The van der Waals surface area contributed by atoms with Gasteiger partial charge in [-0.3, -0.25) is 14.3 Å². The number of amides is 1. The van der Waals surface area contributed by atoms with Gasteiger partial charge in [0.15, 0.2) is 5.82 Å². The molecule has 3 atom stereocenters. The largest absolute Gasteiger partial charge is 0.497 e. The Morgan fingerprint density at radius 3 is 2.89 bits per heavy atom. The van der Waals surface area contributed by atoms with Crippen LogP contribution in [0.3, 0.4) is 0 Å². The predicted molar refractivity (Wildman–Crippen MR) is 103 cm³/mol. The molecule has 1 aromatic heterocycles. The van der Waals surface area contributed by atoms with Gasteiger partial charge in [-0.15, -0.1) is 0 Å². The van der Waals surface area contributed by atoms with Crippen molar-refractivity contribution < 1.29 is 19.4 Å². The SMILES string of the molecule is COc1cccc(CC2(C(=O)Nc3ccn(CC(=O)O)n3)CC3CCC2C3)c1. The van der Waals surface area contributed by atoms with E-state index in [1.165, 1.54) is 11.1 Å². The van der Waals surface area contributed by atoms with Crippen LogP contribution in [0.5, 0.6) is 5.75 Å². The molecule has 28 heavy (non-hydrogen) atoms. The number of rotatable bonds is 7. The van der Waals surface area contributed by atoms with Gasteiger partial charge in [0.05, 0.1) is 12.5 Å². The van der Waals surface area contributed by atoms with Crippen molar-refractivity contribution >= 4 is 17.7 Å². The normalized spacial score (nSPS) is 25.6. The highest BCUT2D eigenvalue weighted by atomic mass is 16.5. The Kier molecular flexibility index (Phi) is 4.83. The van der Waals surface area contributed by atoms with E-state index >= 15 is 0 Å². The van der Waals surface area contributed by atoms with Crippen LogP contribution in [-0.4, -0.2) is 33.9 Å². The second-order valence-corrected chi connectivity index (χ2v) is 8.01. The maximum absolute atomic E-state index is 13.4. The number of carbonyl (C=O) groups is 2. The molecule has 2 saturated carbocycles.